The molecule has 0 aromatic carbocycles. The van der Waals surface area contributed by atoms with Crippen LogP contribution in [0.2, 0.25) is 0 Å². The molecule has 2 bridgehead atoms. The van der Waals surface area contributed by atoms with Gasteiger partial charge in [0.25, 0.3) is 0 Å². The van der Waals surface area contributed by atoms with Gasteiger partial charge in [-0.3, -0.25) is 14.4 Å². The summed E-state index contributed by atoms with van der Waals surface area (Å²) in [6.07, 6.45) is -0.0612. The van der Waals surface area contributed by atoms with Crippen LogP contribution in [0.1, 0.15) is 40.5 Å². The van der Waals surface area contributed by atoms with Gasteiger partial charge in [-0.2, -0.15) is 0 Å². The molecule has 0 aromatic heterocycles. The molecule has 4 atom stereocenters. The average molecular weight is 402 g/mol. The largest absolute Gasteiger partial charge is 0.504 e. The van der Waals surface area contributed by atoms with Crippen LogP contribution in [-0.2, 0) is 28.7 Å². The van der Waals surface area contributed by atoms with E-state index in [1.54, 1.807) is 19.9 Å². The smallest absolute Gasteiger partial charge is 0.334 e. The lowest BCUT2D eigenvalue weighted by molar-refractivity contribution is -0.154. The van der Waals surface area contributed by atoms with Crippen LogP contribution >= 0.6 is 0 Å². The monoisotopic (exact) mass is 402 g/mol. The minimum atomic E-state index is -1.27. The second-order valence-corrected chi connectivity index (χ2v) is 7.61. The Labute approximate surface area is 169 Å². The Morgan fingerprint density at radius 3 is 2.28 bits per heavy atom. The zero-order valence-electron chi connectivity index (χ0n) is 17.1. The number of fused-ring (bicyclic) bond motifs is 1. The van der Waals surface area contributed by atoms with Crippen molar-refractivity contribution < 1.29 is 33.8 Å². The van der Waals surface area contributed by atoms with Crippen LogP contribution in [-0.4, -0.2) is 40.8 Å². The number of aliphatic hydroxyl groups is 1. The Kier molecular flexibility index (Phi) is 6.62. The summed E-state index contributed by atoms with van der Waals surface area (Å²) in [6.45, 7) is 13.4. The number of allylic oxidation sites excluding steroid dienone is 1. The topological polar surface area (TPSA) is 107 Å². The summed E-state index contributed by atoms with van der Waals surface area (Å²) in [5, 5.41) is 10.5. The van der Waals surface area contributed by atoms with Crippen LogP contribution < -0.4 is 0 Å². The second-order valence-electron chi connectivity index (χ2n) is 7.61. The fourth-order valence-corrected chi connectivity index (χ4v) is 3.63. The van der Waals surface area contributed by atoms with E-state index in [0.29, 0.717) is 23.1 Å². The summed E-state index contributed by atoms with van der Waals surface area (Å²) in [5.41, 5.74) is 1.08. The van der Waals surface area contributed by atoms with Crippen molar-refractivity contribution in [3.8, 4) is 0 Å². The first-order chi connectivity index (χ1) is 13.5. The van der Waals surface area contributed by atoms with Gasteiger partial charge in [0.1, 0.15) is 6.10 Å². The van der Waals surface area contributed by atoms with E-state index in [1.807, 2.05) is 0 Å². The van der Waals surface area contributed by atoms with E-state index in [1.165, 1.54) is 13.8 Å². The van der Waals surface area contributed by atoms with Crippen LogP contribution in [0.4, 0.5) is 0 Å². The van der Waals surface area contributed by atoms with Gasteiger partial charge >= 0.3 is 11.9 Å². The molecule has 1 N–H and O–H groups in total. The van der Waals surface area contributed by atoms with Crippen molar-refractivity contribution in [3.05, 3.63) is 47.3 Å². The molecule has 156 valence electrons. The second kappa shape index (κ2) is 8.59. The maximum atomic E-state index is 13.1. The molecule has 1 aliphatic carbocycles. The lowest BCUT2D eigenvalue weighted by Crippen LogP contribution is -2.37. The van der Waals surface area contributed by atoms with E-state index < -0.39 is 53.3 Å². The lowest BCUT2D eigenvalue weighted by atomic mass is 9.82. The molecule has 0 fully saturated rings. The van der Waals surface area contributed by atoms with Gasteiger partial charge in [0.2, 0.25) is 11.6 Å². The van der Waals surface area contributed by atoms with Crippen molar-refractivity contribution in [2.75, 3.05) is 0 Å². The maximum Gasteiger partial charge on any atom is 0.334 e. The normalized spacial score (nSPS) is 28.1. The first-order valence-electron chi connectivity index (χ1n) is 9.33. The SMILES string of the molecule is C=C(C)C1CCC2=CC(OC2=O)C(C(=C)C)C(=O)C(O)=C(C)C(=O)C1OC(C)=O. The van der Waals surface area contributed by atoms with Gasteiger partial charge < -0.3 is 14.6 Å². The van der Waals surface area contributed by atoms with Gasteiger partial charge in [-0.1, -0.05) is 24.3 Å². The molecular weight excluding hydrogens is 376 g/mol. The number of hydrogen-bond donors (Lipinski definition) is 1. The van der Waals surface area contributed by atoms with Gasteiger partial charge in [0, 0.05) is 24.0 Å². The summed E-state index contributed by atoms with van der Waals surface area (Å²) in [4.78, 5) is 49.9. The standard InChI is InChI=1S/C22H26O7/c1-10(2)15-8-7-14-9-16(29-22(14)27)17(11(3)4)20(26)18(24)12(5)19(25)21(15)28-13(6)23/h9,15-17,21,24H,1,3,7-8H2,2,4-6H3. The minimum Gasteiger partial charge on any atom is -0.504 e. The molecule has 0 saturated heterocycles. The summed E-state index contributed by atoms with van der Waals surface area (Å²) >= 11 is 0. The molecule has 0 radical (unpaired) electrons. The summed E-state index contributed by atoms with van der Waals surface area (Å²) in [6, 6.07) is 0. The number of aliphatic hydroxyl groups excluding tert-OH is 1. The van der Waals surface area contributed by atoms with Crippen molar-refractivity contribution in [2.45, 2.75) is 52.7 Å². The van der Waals surface area contributed by atoms with Crippen LogP contribution in [0.25, 0.3) is 0 Å². The zero-order chi connectivity index (χ0) is 22.0. The Hall–Kier alpha value is -2.96. The van der Waals surface area contributed by atoms with Crippen molar-refractivity contribution in [3.63, 3.8) is 0 Å². The third kappa shape index (κ3) is 4.55. The van der Waals surface area contributed by atoms with E-state index in [2.05, 4.69) is 13.2 Å². The van der Waals surface area contributed by atoms with Crippen molar-refractivity contribution in [1.82, 2.24) is 0 Å². The van der Waals surface area contributed by atoms with Crippen molar-refractivity contribution >= 4 is 23.5 Å². The first-order valence-corrected chi connectivity index (χ1v) is 9.33. The molecule has 2 aliphatic rings. The highest BCUT2D eigenvalue weighted by Crippen LogP contribution is 2.34. The Morgan fingerprint density at radius 2 is 1.76 bits per heavy atom. The number of ketones is 2. The van der Waals surface area contributed by atoms with E-state index >= 15 is 0 Å². The number of ether oxygens (including phenoxy) is 2. The van der Waals surface area contributed by atoms with Gasteiger partial charge in [0.15, 0.2) is 11.9 Å². The van der Waals surface area contributed by atoms with Gasteiger partial charge in [-0.05, 0) is 39.7 Å². The molecule has 1 heterocycles. The average Bonchev–Trinajstić information content (AvgIpc) is 2.97. The van der Waals surface area contributed by atoms with E-state index in [-0.39, 0.29) is 12.0 Å². The summed E-state index contributed by atoms with van der Waals surface area (Å²) in [7, 11) is 0. The van der Waals surface area contributed by atoms with Crippen LogP contribution in [0, 0.1) is 11.8 Å². The predicted molar refractivity (Wildman–Crippen MR) is 105 cm³/mol. The number of Topliss-reactive ketones (excluding diaryl/α,β-unsaturated/α-hetero) is 2. The fraction of sp³-hybridized carbons (Fsp3) is 0.455. The minimum absolute atomic E-state index is 0.229. The highest BCUT2D eigenvalue weighted by atomic mass is 16.6. The highest BCUT2D eigenvalue weighted by molar-refractivity contribution is 6.08. The lowest BCUT2D eigenvalue weighted by Gasteiger charge is -2.27. The highest BCUT2D eigenvalue weighted by Gasteiger charge is 2.41. The molecule has 4 unspecified atom stereocenters. The molecule has 29 heavy (non-hydrogen) atoms. The van der Waals surface area contributed by atoms with Gasteiger partial charge in [-0.25, -0.2) is 4.79 Å². The number of hydrogen-bond acceptors (Lipinski definition) is 7. The molecule has 7 nitrogen and oxygen atoms in total. The van der Waals surface area contributed by atoms with Gasteiger partial charge in [0.05, 0.1) is 5.92 Å². The molecule has 0 spiro atoms. The van der Waals surface area contributed by atoms with E-state index in [4.69, 9.17) is 9.47 Å². The molecule has 0 amide bonds. The molecule has 0 saturated carbocycles. The molecule has 7 heteroatoms. The Morgan fingerprint density at radius 1 is 1.14 bits per heavy atom. The van der Waals surface area contributed by atoms with E-state index in [9.17, 15) is 24.3 Å². The predicted octanol–water partition coefficient (Wildman–Crippen LogP) is 2.92. The Bertz CT molecular complexity index is 858. The Balaban J connectivity index is 2.64. The summed E-state index contributed by atoms with van der Waals surface area (Å²) < 4.78 is 10.6. The molecule has 2 rings (SSSR count). The van der Waals surface area contributed by atoms with E-state index in [0.717, 1.165) is 0 Å². The quantitative estimate of drug-likeness (QED) is 0.571. The zero-order valence-corrected chi connectivity index (χ0v) is 17.1. The van der Waals surface area contributed by atoms with Crippen molar-refractivity contribution in [1.29, 1.82) is 0 Å². The van der Waals surface area contributed by atoms with Crippen molar-refractivity contribution in [2.24, 2.45) is 11.8 Å². The maximum absolute atomic E-state index is 13.1. The van der Waals surface area contributed by atoms with Crippen LogP contribution in [0.3, 0.4) is 0 Å². The number of carbonyl (C=O) groups is 4. The number of carbonyl (C=O) groups excluding carboxylic acids is 4. The molecule has 1 aliphatic heterocycles. The molecule has 0 aromatic rings. The fourth-order valence-electron chi connectivity index (χ4n) is 3.63. The summed E-state index contributed by atoms with van der Waals surface area (Å²) in [5.74, 6) is -5.11. The van der Waals surface area contributed by atoms with Gasteiger partial charge in [-0.15, -0.1) is 0 Å². The molecular formula is C22H26O7. The van der Waals surface area contributed by atoms with Crippen LogP contribution in [0.5, 0.6) is 0 Å². The third-order valence-corrected chi connectivity index (χ3v) is 5.25. The third-order valence-electron chi connectivity index (χ3n) is 5.25. The van der Waals surface area contributed by atoms with Crippen LogP contribution in [0.15, 0.2) is 47.3 Å². The number of rotatable bonds is 3. The first kappa shape index (κ1) is 22.3. The number of esters is 2.